The van der Waals surface area contributed by atoms with E-state index in [1.54, 1.807) is 13.0 Å². The van der Waals surface area contributed by atoms with Gasteiger partial charge in [-0.2, -0.15) is 0 Å². The SMILES string of the molecule is CC(C(Oc1ccc(Cl)cc1Cl)C(=O)O)P(C)(C)=O. The first-order valence-electron chi connectivity index (χ1n) is 5.52. The van der Waals surface area contributed by atoms with Crippen LogP contribution in [0.15, 0.2) is 18.2 Å². The Hall–Kier alpha value is -0.700. The predicted molar refractivity (Wildman–Crippen MR) is 77.4 cm³/mol. The molecule has 0 bridgehead atoms. The van der Waals surface area contributed by atoms with Crippen molar-refractivity contribution in [3.8, 4) is 5.75 Å². The van der Waals surface area contributed by atoms with Crippen LogP contribution in [0.1, 0.15) is 6.92 Å². The van der Waals surface area contributed by atoms with E-state index in [-0.39, 0.29) is 10.8 Å². The first-order valence-corrected chi connectivity index (χ1v) is 8.94. The summed E-state index contributed by atoms with van der Waals surface area (Å²) in [6.45, 7) is 4.64. The van der Waals surface area contributed by atoms with Crippen molar-refractivity contribution in [3.05, 3.63) is 28.2 Å². The molecular weight excluding hydrogens is 310 g/mol. The van der Waals surface area contributed by atoms with E-state index in [1.165, 1.54) is 25.5 Å². The third-order valence-electron chi connectivity index (χ3n) is 2.81. The standard InChI is InChI=1S/C12H15Cl2O4P/c1-7(19(2,3)17)11(12(15)16)18-10-5-4-8(13)6-9(10)14/h4-7,11H,1-3H3,(H,15,16). The van der Waals surface area contributed by atoms with Crippen molar-refractivity contribution in [3.63, 3.8) is 0 Å². The lowest BCUT2D eigenvalue weighted by atomic mass is 10.2. The Bertz CT molecular complexity index is 526. The summed E-state index contributed by atoms with van der Waals surface area (Å²) in [5, 5.41) is 9.84. The summed E-state index contributed by atoms with van der Waals surface area (Å²) < 4.78 is 17.4. The molecule has 0 aliphatic rings. The first-order chi connectivity index (χ1) is 8.62. The lowest BCUT2D eigenvalue weighted by Crippen LogP contribution is -2.37. The zero-order valence-corrected chi connectivity index (χ0v) is 13.2. The van der Waals surface area contributed by atoms with E-state index in [9.17, 15) is 14.5 Å². The third-order valence-corrected chi connectivity index (χ3v) is 5.57. The van der Waals surface area contributed by atoms with E-state index < -0.39 is 24.9 Å². The van der Waals surface area contributed by atoms with Gasteiger partial charge in [-0.25, -0.2) is 4.79 Å². The van der Waals surface area contributed by atoms with Crippen molar-refractivity contribution in [2.45, 2.75) is 18.7 Å². The Morgan fingerprint density at radius 3 is 2.37 bits per heavy atom. The zero-order chi connectivity index (χ0) is 14.8. The molecule has 2 atom stereocenters. The van der Waals surface area contributed by atoms with E-state index in [0.29, 0.717) is 5.02 Å². The molecule has 7 heteroatoms. The fourth-order valence-electron chi connectivity index (χ4n) is 1.39. The number of carboxylic acids is 1. The minimum Gasteiger partial charge on any atom is -0.478 e. The van der Waals surface area contributed by atoms with Gasteiger partial charge in [-0.1, -0.05) is 30.1 Å². The maximum Gasteiger partial charge on any atom is 0.345 e. The first kappa shape index (κ1) is 16.4. The molecule has 0 saturated heterocycles. The molecule has 19 heavy (non-hydrogen) atoms. The van der Waals surface area contributed by atoms with Gasteiger partial charge in [-0.05, 0) is 31.5 Å². The van der Waals surface area contributed by atoms with Crippen molar-refractivity contribution >= 4 is 36.3 Å². The minimum absolute atomic E-state index is 0.207. The van der Waals surface area contributed by atoms with Gasteiger partial charge in [0.2, 0.25) is 6.10 Å². The van der Waals surface area contributed by atoms with Crippen LogP contribution in [0.3, 0.4) is 0 Å². The highest BCUT2D eigenvalue weighted by Crippen LogP contribution is 2.45. The van der Waals surface area contributed by atoms with Gasteiger partial charge in [0.1, 0.15) is 5.75 Å². The van der Waals surface area contributed by atoms with E-state index in [1.807, 2.05) is 0 Å². The quantitative estimate of drug-likeness (QED) is 0.836. The van der Waals surface area contributed by atoms with Gasteiger partial charge < -0.3 is 14.4 Å². The normalized spacial score (nSPS) is 14.8. The molecule has 0 fully saturated rings. The highest BCUT2D eigenvalue weighted by Gasteiger charge is 2.35. The highest BCUT2D eigenvalue weighted by molar-refractivity contribution is 7.63. The average molecular weight is 325 g/mol. The highest BCUT2D eigenvalue weighted by atomic mass is 35.5. The average Bonchev–Trinajstić information content (AvgIpc) is 2.25. The van der Waals surface area contributed by atoms with Gasteiger partial charge in [0.25, 0.3) is 0 Å². The summed E-state index contributed by atoms with van der Waals surface area (Å²) in [5.41, 5.74) is -0.628. The van der Waals surface area contributed by atoms with Crippen LogP contribution in [0.2, 0.25) is 10.0 Å². The van der Waals surface area contributed by atoms with Crippen molar-refractivity contribution in [2.75, 3.05) is 13.3 Å². The molecule has 0 aliphatic carbocycles. The van der Waals surface area contributed by atoms with Gasteiger partial charge >= 0.3 is 5.97 Å². The Morgan fingerprint density at radius 2 is 1.95 bits per heavy atom. The molecule has 4 nitrogen and oxygen atoms in total. The molecule has 1 aromatic carbocycles. The molecule has 0 amide bonds. The second kappa shape index (κ2) is 6.17. The van der Waals surface area contributed by atoms with Gasteiger partial charge in [0.05, 0.1) is 17.8 Å². The molecule has 0 aromatic heterocycles. The molecule has 0 saturated carbocycles. The molecular formula is C12H15Cl2O4P. The topological polar surface area (TPSA) is 63.6 Å². The fourth-order valence-corrected chi connectivity index (χ4v) is 2.68. The van der Waals surface area contributed by atoms with Crippen molar-refractivity contribution < 1.29 is 19.2 Å². The summed E-state index contributed by atoms with van der Waals surface area (Å²) in [5.74, 6) is -0.971. The van der Waals surface area contributed by atoms with Crippen LogP contribution in [-0.4, -0.2) is 36.2 Å². The molecule has 1 rings (SSSR count). The van der Waals surface area contributed by atoms with Gasteiger partial charge in [0.15, 0.2) is 0 Å². The van der Waals surface area contributed by atoms with E-state index in [4.69, 9.17) is 27.9 Å². The van der Waals surface area contributed by atoms with Gasteiger partial charge in [-0.3, -0.25) is 0 Å². The van der Waals surface area contributed by atoms with Gasteiger partial charge in [0, 0.05) is 5.02 Å². The number of aliphatic carboxylic acids is 1. The fraction of sp³-hybridized carbons (Fsp3) is 0.417. The maximum atomic E-state index is 12.0. The van der Waals surface area contributed by atoms with E-state index in [0.717, 1.165) is 0 Å². The van der Waals surface area contributed by atoms with Crippen molar-refractivity contribution in [1.82, 2.24) is 0 Å². The number of ether oxygens (including phenoxy) is 1. The number of carboxylic acid groups (broad SMARTS) is 1. The third kappa shape index (κ3) is 4.41. The lowest BCUT2D eigenvalue weighted by Gasteiger charge is -2.25. The monoisotopic (exact) mass is 324 g/mol. The number of hydrogen-bond acceptors (Lipinski definition) is 3. The summed E-state index contributed by atoms with van der Waals surface area (Å²) in [6.07, 6.45) is -1.22. The van der Waals surface area contributed by atoms with Crippen LogP contribution < -0.4 is 4.74 Å². The molecule has 1 N–H and O–H groups in total. The largest absolute Gasteiger partial charge is 0.478 e. The molecule has 106 valence electrons. The lowest BCUT2D eigenvalue weighted by molar-refractivity contribution is -0.145. The molecule has 0 radical (unpaired) electrons. The number of halogens is 2. The molecule has 2 unspecified atom stereocenters. The molecule has 0 spiro atoms. The van der Waals surface area contributed by atoms with Crippen molar-refractivity contribution in [1.29, 1.82) is 0 Å². The number of benzene rings is 1. The van der Waals surface area contributed by atoms with Crippen LogP contribution in [0.25, 0.3) is 0 Å². The summed E-state index contributed by atoms with van der Waals surface area (Å²) in [4.78, 5) is 11.3. The Labute approximate surface area is 122 Å². The van der Waals surface area contributed by atoms with Gasteiger partial charge in [-0.15, -0.1) is 0 Å². The van der Waals surface area contributed by atoms with Crippen LogP contribution in [0, 0.1) is 0 Å². The van der Waals surface area contributed by atoms with Crippen LogP contribution in [-0.2, 0) is 9.36 Å². The van der Waals surface area contributed by atoms with Crippen LogP contribution >= 0.6 is 30.3 Å². The number of rotatable bonds is 5. The summed E-state index contributed by atoms with van der Waals surface area (Å²) >= 11 is 11.7. The maximum absolute atomic E-state index is 12.0. The molecule has 0 heterocycles. The van der Waals surface area contributed by atoms with E-state index >= 15 is 0 Å². The Balaban J connectivity index is 3.03. The predicted octanol–water partition coefficient (Wildman–Crippen LogP) is 3.84. The van der Waals surface area contributed by atoms with Crippen LogP contribution in [0.5, 0.6) is 5.75 Å². The zero-order valence-electron chi connectivity index (χ0n) is 10.8. The van der Waals surface area contributed by atoms with E-state index in [2.05, 4.69) is 0 Å². The second-order valence-electron chi connectivity index (χ2n) is 4.63. The Kier molecular flexibility index (Phi) is 5.31. The van der Waals surface area contributed by atoms with Crippen molar-refractivity contribution in [2.24, 2.45) is 0 Å². The molecule has 0 aliphatic heterocycles. The minimum atomic E-state index is -2.60. The second-order valence-corrected chi connectivity index (χ2v) is 9.15. The summed E-state index contributed by atoms with van der Waals surface area (Å²) in [7, 11) is -2.60. The van der Waals surface area contributed by atoms with Crippen LogP contribution in [0.4, 0.5) is 0 Å². The molecule has 1 aromatic rings. The summed E-state index contributed by atoms with van der Waals surface area (Å²) in [6, 6.07) is 4.49. The number of hydrogen-bond donors (Lipinski definition) is 1. The number of carbonyl (C=O) groups is 1. The Morgan fingerprint density at radius 1 is 1.37 bits per heavy atom. The smallest absolute Gasteiger partial charge is 0.345 e.